The lowest BCUT2D eigenvalue weighted by Gasteiger charge is -2.32. The summed E-state index contributed by atoms with van der Waals surface area (Å²) in [5.74, 6) is 0.243. The molecule has 6 nitrogen and oxygen atoms in total. The van der Waals surface area contributed by atoms with Crippen molar-refractivity contribution in [2.45, 2.75) is 25.7 Å². The van der Waals surface area contributed by atoms with Crippen LogP contribution in [-0.2, 0) is 19.6 Å². The Morgan fingerprint density at radius 3 is 2.30 bits per heavy atom. The molecule has 7 heteroatoms. The van der Waals surface area contributed by atoms with E-state index in [9.17, 15) is 13.2 Å². The molecule has 2 heterocycles. The fraction of sp³-hybridized carbons (Fsp3) is 0.923. The van der Waals surface area contributed by atoms with E-state index in [-0.39, 0.29) is 24.2 Å². The number of piperidine rings is 1. The standard InChI is InChI=1S/C13H24N2O4S/c1-19-10-11-20(17,18)15-8-4-12(5-9-15)13(16)14-6-2-3-7-14/h12H,2-11H2,1H3. The number of nitrogens with zero attached hydrogens (tertiary/aromatic N) is 2. The molecule has 116 valence electrons. The van der Waals surface area contributed by atoms with Gasteiger partial charge in [0.25, 0.3) is 0 Å². The van der Waals surface area contributed by atoms with E-state index < -0.39 is 10.0 Å². The normalized spacial score (nSPS) is 22.4. The fourth-order valence-corrected chi connectivity index (χ4v) is 4.30. The number of amides is 1. The van der Waals surface area contributed by atoms with Crippen LogP contribution in [0.5, 0.6) is 0 Å². The first-order valence-electron chi connectivity index (χ1n) is 7.30. The maximum atomic E-state index is 12.3. The molecule has 2 saturated heterocycles. The van der Waals surface area contributed by atoms with Crippen molar-refractivity contribution in [3.8, 4) is 0 Å². The zero-order chi connectivity index (χ0) is 14.6. The molecule has 0 atom stereocenters. The number of hydrogen-bond donors (Lipinski definition) is 0. The zero-order valence-electron chi connectivity index (χ0n) is 12.1. The van der Waals surface area contributed by atoms with Gasteiger partial charge in [-0.05, 0) is 25.7 Å². The minimum atomic E-state index is -3.23. The van der Waals surface area contributed by atoms with Crippen molar-refractivity contribution >= 4 is 15.9 Å². The Bertz CT molecular complexity index is 424. The van der Waals surface area contributed by atoms with E-state index in [1.807, 2.05) is 4.90 Å². The van der Waals surface area contributed by atoms with Crippen molar-refractivity contribution in [3.05, 3.63) is 0 Å². The van der Waals surface area contributed by atoms with Gasteiger partial charge < -0.3 is 9.64 Å². The largest absolute Gasteiger partial charge is 0.384 e. The second-order valence-corrected chi connectivity index (χ2v) is 7.60. The van der Waals surface area contributed by atoms with Crippen LogP contribution in [0.1, 0.15) is 25.7 Å². The summed E-state index contributed by atoms with van der Waals surface area (Å²) in [4.78, 5) is 14.2. The summed E-state index contributed by atoms with van der Waals surface area (Å²) in [6.07, 6.45) is 3.47. The first kappa shape index (κ1) is 15.7. The molecule has 0 N–H and O–H groups in total. The number of rotatable bonds is 5. The van der Waals surface area contributed by atoms with E-state index in [4.69, 9.17) is 4.74 Å². The quantitative estimate of drug-likeness (QED) is 0.732. The van der Waals surface area contributed by atoms with Gasteiger partial charge in [-0.25, -0.2) is 12.7 Å². The Balaban J connectivity index is 1.84. The van der Waals surface area contributed by atoms with Crippen LogP contribution in [0.15, 0.2) is 0 Å². The van der Waals surface area contributed by atoms with Crippen LogP contribution in [0.3, 0.4) is 0 Å². The molecule has 0 aromatic heterocycles. The molecule has 0 unspecified atom stereocenters. The second-order valence-electron chi connectivity index (χ2n) is 5.51. The van der Waals surface area contributed by atoms with Gasteiger partial charge in [-0.3, -0.25) is 4.79 Å². The van der Waals surface area contributed by atoms with E-state index in [2.05, 4.69) is 0 Å². The van der Waals surface area contributed by atoms with Gasteiger partial charge in [-0.2, -0.15) is 0 Å². The van der Waals surface area contributed by atoms with E-state index in [0.717, 1.165) is 25.9 Å². The summed E-state index contributed by atoms with van der Waals surface area (Å²) >= 11 is 0. The molecule has 0 spiro atoms. The van der Waals surface area contributed by atoms with E-state index in [1.165, 1.54) is 11.4 Å². The summed E-state index contributed by atoms with van der Waals surface area (Å²) < 4.78 is 30.4. The van der Waals surface area contributed by atoms with Crippen molar-refractivity contribution in [2.24, 2.45) is 5.92 Å². The smallest absolute Gasteiger partial charge is 0.225 e. The van der Waals surface area contributed by atoms with Crippen LogP contribution in [0.4, 0.5) is 0 Å². The maximum Gasteiger partial charge on any atom is 0.225 e. The van der Waals surface area contributed by atoms with Crippen LogP contribution < -0.4 is 0 Å². The third kappa shape index (κ3) is 3.71. The number of carbonyl (C=O) groups excluding carboxylic acids is 1. The van der Waals surface area contributed by atoms with Crippen LogP contribution in [0.2, 0.25) is 0 Å². The van der Waals surface area contributed by atoms with Crippen molar-refractivity contribution < 1.29 is 17.9 Å². The van der Waals surface area contributed by atoms with Crippen LogP contribution in [-0.4, -0.2) is 69.2 Å². The third-order valence-corrected chi connectivity index (χ3v) is 5.99. The minimum absolute atomic E-state index is 0.00183. The summed E-state index contributed by atoms with van der Waals surface area (Å²) in [5.41, 5.74) is 0. The SMILES string of the molecule is COCCS(=O)(=O)N1CCC(C(=O)N2CCCC2)CC1. The predicted octanol–water partition coefficient (Wildman–Crippen LogP) is 0.297. The third-order valence-electron chi connectivity index (χ3n) is 4.16. The summed E-state index contributed by atoms with van der Waals surface area (Å²) in [6, 6.07) is 0. The molecule has 0 bridgehead atoms. The van der Waals surface area contributed by atoms with Crippen LogP contribution in [0.25, 0.3) is 0 Å². The zero-order valence-corrected chi connectivity index (χ0v) is 12.9. The van der Waals surface area contributed by atoms with Crippen LogP contribution >= 0.6 is 0 Å². The van der Waals surface area contributed by atoms with E-state index >= 15 is 0 Å². The molecule has 0 aliphatic carbocycles. The van der Waals surface area contributed by atoms with Gasteiger partial charge >= 0.3 is 0 Å². The highest BCUT2D eigenvalue weighted by atomic mass is 32.2. The highest BCUT2D eigenvalue weighted by Gasteiger charge is 2.33. The molecular weight excluding hydrogens is 280 g/mol. The topological polar surface area (TPSA) is 66.9 Å². The van der Waals surface area contributed by atoms with Crippen molar-refractivity contribution in [3.63, 3.8) is 0 Å². The molecule has 2 rings (SSSR count). The van der Waals surface area contributed by atoms with Gasteiger partial charge in [0.05, 0.1) is 12.4 Å². The highest BCUT2D eigenvalue weighted by molar-refractivity contribution is 7.89. The van der Waals surface area contributed by atoms with Gasteiger partial charge in [-0.1, -0.05) is 0 Å². The summed E-state index contributed by atoms with van der Waals surface area (Å²) in [7, 11) is -1.73. The molecular formula is C13H24N2O4S. The Labute approximate surface area is 121 Å². The Kier molecular flexibility index (Phi) is 5.40. The van der Waals surface area contributed by atoms with Crippen molar-refractivity contribution in [1.29, 1.82) is 0 Å². The average Bonchev–Trinajstić information content (AvgIpc) is 2.99. The summed E-state index contributed by atoms with van der Waals surface area (Å²) in [6.45, 7) is 2.86. The van der Waals surface area contributed by atoms with Gasteiger partial charge in [-0.15, -0.1) is 0 Å². The number of carbonyl (C=O) groups is 1. The second kappa shape index (κ2) is 6.87. The van der Waals surface area contributed by atoms with Gasteiger partial charge in [0, 0.05) is 39.2 Å². The molecule has 2 aliphatic rings. The monoisotopic (exact) mass is 304 g/mol. The Hall–Kier alpha value is -0.660. The molecule has 2 aliphatic heterocycles. The molecule has 0 radical (unpaired) electrons. The fourth-order valence-electron chi connectivity index (χ4n) is 2.89. The number of sulfonamides is 1. The molecule has 0 aromatic carbocycles. The first-order chi connectivity index (χ1) is 9.54. The van der Waals surface area contributed by atoms with E-state index in [1.54, 1.807) is 0 Å². The molecule has 0 saturated carbocycles. The number of ether oxygens (including phenoxy) is 1. The number of likely N-dealkylation sites (tertiary alicyclic amines) is 1. The van der Waals surface area contributed by atoms with Gasteiger partial charge in [0.1, 0.15) is 0 Å². The van der Waals surface area contributed by atoms with E-state index in [0.29, 0.717) is 25.9 Å². The predicted molar refractivity (Wildman–Crippen MR) is 75.8 cm³/mol. The van der Waals surface area contributed by atoms with Crippen LogP contribution in [0, 0.1) is 5.92 Å². The molecule has 20 heavy (non-hydrogen) atoms. The molecule has 1 amide bonds. The lowest BCUT2D eigenvalue weighted by atomic mass is 9.97. The van der Waals surface area contributed by atoms with Crippen molar-refractivity contribution in [2.75, 3.05) is 45.6 Å². The Morgan fingerprint density at radius 2 is 1.75 bits per heavy atom. The maximum absolute atomic E-state index is 12.3. The van der Waals surface area contributed by atoms with Gasteiger partial charge in [0.2, 0.25) is 15.9 Å². The van der Waals surface area contributed by atoms with Crippen molar-refractivity contribution in [1.82, 2.24) is 9.21 Å². The minimum Gasteiger partial charge on any atom is -0.384 e. The Morgan fingerprint density at radius 1 is 1.15 bits per heavy atom. The number of methoxy groups -OCH3 is 1. The molecule has 0 aromatic rings. The lowest BCUT2D eigenvalue weighted by Crippen LogP contribution is -2.44. The highest BCUT2D eigenvalue weighted by Crippen LogP contribution is 2.23. The lowest BCUT2D eigenvalue weighted by molar-refractivity contribution is -0.135. The average molecular weight is 304 g/mol. The number of hydrogen-bond acceptors (Lipinski definition) is 4. The first-order valence-corrected chi connectivity index (χ1v) is 8.91. The van der Waals surface area contributed by atoms with Gasteiger partial charge in [0.15, 0.2) is 0 Å². The molecule has 2 fully saturated rings. The summed E-state index contributed by atoms with van der Waals surface area (Å²) in [5, 5.41) is 0.